The summed E-state index contributed by atoms with van der Waals surface area (Å²) in [6.07, 6.45) is 5.29. The van der Waals surface area contributed by atoms with Gasteiger partial charge in [0.15, 0.2) is 0 Å². The Labute approximate surface area is 115 Å². The maximum atomic E-state index is 6.14. The Bertz CT molecular complexity index is 706. The molecular formula is C14H11ClN4. The Balaban J connectivity index is 2.02. The van der Waals surface area contributed by atoms with Crippen molar-refractivity contribution >= 4 is 11.6 Å². The molecule has 0 spiro atoms. The van der Waals surface area contributed by atoms with E-state index in [1.54, 1.807) is 18.6 Å². The zero-order valence-corrected chi connectivity index (χ0v) is 11.0. The summed E-state index contributed by atoms with van der Waals surface area (Å²) in [4.78, 5) is 15.9. The molecule has 0 unspecified atom stereocenters. The third-order valence-electron chi connectivity index (χ3n) is 2.79. The van der Waals surface area contributed by atoms with Crippen LogP contribution in [0.2, 0.25) is 5.15 Å². The van der Waals surface area contributed by atoms with Crippen LogP contribution < -0.4 is 0 Å². The Morgan fingerprint density at radius 3 is 2.79 bits per heavy atom. The van der Waals surface area contributed by atoms with E-state index in [1.807, 2.05) is 31.2 Å². The van der Waals surface area contributed by atoms with E-state index >= 15 is 0 Å². The summed E-state index contributed by atoms with van der Waals surface area (Å²) in [5.74, 6) is 0.705. The molecule has 0 saturated carbocycles. The van der Waals surface area contributed by atoms with Gasteiger partial charge in [0, 0.05) is 23.7 Å². The average Bonchev–Trinajstić information content (AvgIpc) is 2.89. The number of rotatable bonds is 2. The number of halogens is 1. The van der Waals surface area contributed by atoms with Crippen LogP contribution in [-0.4, -0.2) is 19.9 Å². The van der Waals surface area contributed by atoms with Gasteiger partial charge in [-0.3, -0.25) is 4.98 Å². The molecule has 5 heteroatoms. The summed E-state index contributed by atoms with van der Waals surface area (Å²) >= 11 is 6.14. The van der Waals surface area contributed by atoms with Gasteiger partial charge in [0.05, 0.1) is 17.5 Å². The van der Waals surface area contributed by atoms with Crippen molar-refractivity contribution in [3.8, 4) is 22.6 Å². The zero-order chi connectivity index (χ0) is 13.2. The van der Waals surface area contributed by atoms with Crippen LogP contribution in [-0.2, 0) is 0 Å². The molecule has 4 nitrogen and oxygen atoms in total. The first kappa shape index (κ1) is 11.9. The molecule has 3 rings (SSSR count). The van der Waals surface area contributed by atoms with E-state index in [2.05, 4.69) is 19.9 Å². The highest BCUT2D eigenvalue weighted by molar-refractivity contribution is 6.31. The first-order valence-electron chi connectivity index (χ1n) is 5.83. The molecule has 0 aliphatic heterocycles. The van der Waals surface area contributed by atoms with Crippen LogP contribution in [0.3, 0.4) is 0 Å². The lowest BCUT2D eigenvalue weighted by Crippen LogP contribution is -1.88. The van der Waals surface area contributed by atoms with Gasteiger partial charge in [-0.05, 0) is 31.2 Å². The van der Waals surface area contributed by atoms with Crippen LogP contribution in [0, 0.1) is 6.92 Å². The number of hydrogen-bond donors (Lipinski definition) is 1. The Morgan fingerprint density at radius 1 is 1.16 bits per heavy atom. The first-order chi connectivity index (χ1) is 9.24. The monoisotopic (exact) mass is 270 g/mol. The van der Waals surface area contributed by atoms with Gasteiger partial charge in [0.1, 0.15) is 11.0 Å². The van der Waals surface area contributed by atoms with E-state index in [0.717, 1.165) is 22.5 Å². The lowest BCUT2D eigenvalue weighted by Gasteiger charge is -2.01. The van der Waals surface area contributed by atoms with Crippen LogP contribution in [0.1, 0.15) is 5.69 Å². The van der Waals surface area contributed by atoms with Crippen LogP contribution in [0.25, 0.3) is 22.6 Å². The molecule has 0 aliphatic carbocycles. The topological polar surface area (TPSA) is 54.5 Å². The lowest BCUT2D eigenvalue weighted by atomic mass is 10.2. The summed E-state index contributed by atoms with van der Waals surface area (Å²) in [5.41, 5.74) is 3.56. The van der Waals surface area contributed by atoms with Crippen LogP contribution >= 0.6 is 11.6 Å². The van der Waals surface area contributed by atoms with Gasteiger partial charge in [-0.15, -0.1) is 0 Å². The number of nitrogens with zero attached hydrogens (tertiary/aromatic N) is 3. The molecule has 0 fully saturated rings. The number of aromatic amines is 1. The van der Waals surface area contributed by atoms with Crippen molar-refractivity contribution in [3.63, 3.8) is 0 Å². The number of hydrogen-bond acceptors (Lipinski definition) is 3. The van der Waals surface area contributed by atoms with E-state index in [0.29, 0.717) is 11.0 Å². The third kappa shape index (κ3) is 2.35. The number of H-pyrrole nitrogens is 1. The van der Waals surface area contributed by atoms with Crippen molar-refractivity contribution in [1.29, 1.82) is 0 Å². The molecule has 1 N–H and O–H groups in total. The van der Waals surface area contributed by atoms with Gasteiger partial charge in [-0.1, -0.05) is 11.6 Å². The van der Waals surface area contributed by atoms with Crippen LogP contribution in [0.5, 0.6) is 0 Å². The summed E-state index contributed by atoms with van der Waals surface area (Å²) in [6.45, 7) is 1.90. The molecule has 3 aromatic rings. The lowest BCUT2D eigenvalue weighted by molar-refractivity contribution is 1.18. The molecule has 0 amide bonds. The summed E-state index contributed by atoms with van der Waals surface area (Å²) < 4.78 is 0. The molecule has 0 atom stereocenters. The molecule has 0 saturated heterocycles. The molecule has 0 aliphatic rings. The summed E-state index contributed by atoms with van der Waals surface area (Å²) in [6, 6.07) is 7.68. The number of aryl methyl sites for hydroxylation is 1. The van der Waals surface area contributed by atoms with E-state index < -0.39 is 0 Å². The normalized spacial score (nSPS) is 10.6. The minimum absolute atomic E-state index is 0.451. The van der Waals surface area contributed by atoms with Crippen molar-refractivity contribution < 1.29 is 0 Å². The number of aromatic nitrogens is 4. The molecule has 0 aromatic carbocycles. The quantitative estimate of drug-likeness (QED) is 0.725. The van der Waals surface area contributed by atoms with Crippen molar-refractivity contribution in [1.82, 2.24) is 19.9 Å². The van der Waals surface area contributed by atoms with Crippen molar-refractivity contribution in [2.24, 2.45) is 0 Å². The highest BCUT2D eigenvalue weighted by atomic mass is 35.5. The minimum atomic E-state index is 0.451. The second-order valence-electron chi connectivity index (χ2n) is 4.18. The standard InChI is InChI=1S/C14H11ClN4/c1-9-4-5-11(13(15)18-9)14-17-8-12(19-14)10-3-2-6-16-7-10/h2-8H,1H3,(H,17,19). The molecule has 3 aromatic heterocycles. The highest BCUT2D eigenvalue weighted by Gasteiger charge is 2.09. The van der Waals surface area contributed by atoms with Gasteiger partial charge in [-0.2, -0.15) is 0 Å². The molecular weight excluding hydrogens is 260 g/mol. The molecule has 0 bridgehead atoms. The van der Waals surface area contributed by atoms with E-state index in [-0.39, 0.29) is 0 Å². The number of nitrogens with one attached hydrogen (secondary N) is 1. The maximum Gasteiger partial charge on any atom is 0.140 e. The number of pyridine rings is 2. The van der Waals surface area contributed by atoms with Crippen LogP contribution in [0.15, 0.2) is 42.9 Å². The van der Waals surface area contributed by atoms with Gasteiger partial charge in [0.25, 0.3) is 0 Å². The predicted molar refractivity (Wildman–Crippen MR) is 74.8 cm³/mol. The fraction of sp³-hybridized carbons (Fsp3) is 0.0714. The zero-order valence-electron chi connectivity index (χ0n) is 10.3. The van der Waals surface area contributed by atoms with E-state index in [9.17, 15) is 0 Å². The van der Waals surface area contributed by atoms with E-state index in [4.69, 9.17) is 11.6 Å². The minimum Gasteiger partial charge on any atom is -0.338 e. The Kier molecular flexibility index (Phi) is 3.01. The Hall–Kier alpha value is -2.20. The summed E-state index contributed by atoms with van der Waals surface area (Å²) in [7, 11) is 0. The SMILES string of the molecule is Cc1ccc(-c2ncc(-c3cccnc3)[nH]2)c(Cl)n1. The summed E-state index contributed by atoms with van der Waals surface area (Å²) in [5, 5.41) is 0.451. The average molecular weight is 271 g/mol. The molecule has 19 heavy (non-hydrogen) atoms. The fourth-order valence-corrected chi connectivity index (χ4v) is 2.11. The van der Waals surface area contributed by atoms with Gasteiger partial charge >= 0.3 is 0 Å². The number of imidazole rings is 1. The first-order valence-corrected chi connectivity index (χ1v) is 6.21. The van der Waals surface area contributed by atoms with Crippen molar-refractivity contribution in [2.75, 3.05) is 0 Å². The Morgan fingerprint density at radius 2 is 2.05 bits per heavy atom. The van der Waals surface area contributed by atoms with Crippen molar-refractivity contribution in [2.45, 2.75) is 6.92 Å². The van der Waals surface area contributed by atoms with Crippen LogP contribution in [0.4, 0.5) is 0 Å². The van der Waals surface area contributed by atoms with Gasteiger partial charge in [0.2, 0.25) is 0 Å². The van der Waals surface area contributed by atoms with Gasteiger partial charge in [-0.25, -0.2) is 9.97 Å². The molecule has 94 valence electrons. The smallest absolute Gasteiger partial charge is 0.140 e. The third-order valence-corrected chi connectivity index (χ3v) is 3.08. The fourth-order valence-electron chi connectivity index (χ4n) is 1.83. The molecule has 3 heterocycles. The van der Waals surface area contributed by atoms with Crippen molar-refractivity contribution in [3.05, 3.63) is 53.7 Å². The highest BCUT2D eigenvalue weighted by Crippen LogP contribution is 2.26. The molecule has 0 radical (unpaired) electrons. The van der Waals surface area contributed by atoms with E-state index in [1.165, 1.54) is 0 Å². The second-order valence-corrected chi connectivity index (χ2v) is 4.54. The maximum absolute atomic E-state index is 6.14. The second kappa shape index (κ2) is 4.82. The largest absolute Gasteiger partial charge is 0.338 e. The van der Waals surface area contributed by atoms with Gasteiger partial charge < -0.3 is 4.98 Å². The predicted octanol–water partition coefficient (Wildman–Crippen LogP) is 3.50.